The van der Waals surface area contributed by atoms with Crippen molar-refractivity contribution < 1.29 is 0 Å². The molecule has 1 aromatic carbocycles. The van der Waals surface area contributed by atoms with E-state index in [1.165, 1.54) is 0 Å². The van der Waals surface area contributed by atoms with Gasteiger partial charge in [-0.15, -0.1) is 0 Å². The summed E-state index contributed by atoms with van der Waals surface area (Å²) in [6, 6.07) is 10.0. The van der Waals surface area contributed by atoms with Crippen LogP contribution in [0.15, 0.2) is 35.1 Å². The molecule has 0 N–H and O–H groups in total. The fraction of sp³-hybridized carbons (Fsp3) is 0.412. The minimum absolute atomic E-state index is 0.0223. The Hall–Kier alpha value is -2.10. The number of hydrogen-bond donors (Lipinski definition) is 0. The number of anilines is 1. The molecule has 0 unspecified atom stereocenters. The van der Waals surface area contributed by atoms with Gasteiger partial charge < -0.3 is 4.90 Å². The molecule has 0 saturated carbocycles. The van der Waals surface area contributed by atoms with Crippen LogP contribution in [0.3, 0.4) is 0 Å². The van der Waals surface area contributed by atoms with Gasteiger partial charge in [-0.2, -0.15) is 5.10 Å². The lowest BCUT2D eigenvalue weighted by Crippen LogP contribution is -2.32. The zero-order valence-electron chi connectivity index (χ0n) is 13.4. The molecular formula is C17H23N3O. The van der Waals surface area contributed by atoms with Crippen LogP contribution in [0.5, 0.6) is 0 Å². The van der Waals surface area contributed by atoms with Gasteiger partial charge in [0.1, 0.15) is 5.69 Å². The Balaban J connectivity index is 2.71. The highest BCUT2D eigenvalue weighted by molar-refractivity contribution is 5.69. The van der Waals surface area contributed by atoms with Gasteiger partial charge >= 0.3 is 0 Å². The average molecular weight is 285 g/mol. The van der Waals surface area contributed by atoms with E-state index in [-0.39, 0.29) is 5.56 Å². The fourth-order valence-electron chi connectivity index (χ4n) is 2.50. The van der Waals surface area contributed by atoms with E-state index in [0.717, 1.165) is 16.8 Å². The van der Waals surface area contributed by atoms with Crippen molar-refractivity contribution in [2.75, 3.05) is 19.0 Å². The van der Waals surface area contributed by atoms with Gasteiger partial charge in [0.05, 0.1) is 5.69 Å². The fourth-order valence-corrected chi connectivity index (χ4v) is 2.50. The highest BCUT2D eigenvalue weighted by Crippen LogP contribution is 2.25. The van der Waals surface area contributed by atoms with Crippen molar-refractivity contribution in [1.82, 2.24) is 9.78 Å². The van der Waals surface area contributed by atoms with E-state index in [0.29, 0.717) is 18.2 Å². The van der Waals surface area contributed by atoms with Crippen molar-refractivity contribution in [3.8, 4) is 11.3 Å². The van der Waals surface area contributed by atoms with Crippen molar-refractivity contribution in [3.05, 3.63) is 46.2 Å². The molecular weight excluding hydrogens is 262 g/mol. The van der Waals surface area contributed by atoms with E-state index in [9.17, 15) is 4.79 Å². The van der Waals surface area contributed by atoms with Gasteiger partial charge in [0, 0.05) is 31.8 Å². The van der Waals surface area contributed by atoms with Crippen LogP contribution in [0.2, 0.25) is 0 Å². The lowest BCUT2D eigenvalue weighted by molar-refractivity contribution is 0.465. The number of aromatic nitrogens is 2. The molecule has 0 saturated heterocycles. The molecule has 4 heteroatoms. The van der Waals surface area contributed by atoms with Crippen LogP contribution in [0.25, 0.3) is 11.3 Å². The summed E-state index contributed by atoms with van der Waals surface area (Å²) in [7, 11) is 3.80. The van der Waals surface area contributed by atoms with Gasteiger partial charge in [0.2, 0.25) is 0 Å². The average Bonchev–Trinajstić information content (AvgIpc) is 2.42. The second-order valence-corrected chi connectivity index (χ2v) is 5.96. The molecule has 0 aliphatic rings. The van der Waals surface area contributed by atoms with Crippen molar-refractivity contribution in [3.63, 3.8) is 0 Å². The minimum atomic E-state index is -0.0223. The maximum absolute atomic E-state index is 12.6. The Kier molecular flexibility index (Phi) is 4.46. The molecule has 21 heavy (non-hydrogen) atoms. The van der Waals surface area contributed by atoms with Gasteiger partial charge in [0.25, 0.3) is 5.56 Å². The third kappa shape index (κ3) is 3.15. The van der Waals surface area contributed by atoms with E-state index >= 15 is 0 Å². The highest BCUT2D eigenvalue weighted by Gasteiger charge is 2.17. The van der Waals surface area contributed by atoms with E-state index in [1.54, 1.807) is 4.68 Å². The Morgan fingerprint density at radius 3 is 2.33 bits per heavy atom. The lowest BCUT2D eigenvalue weighted by atomic mass is 10.1. The van der Waals surface area contributed by atoms with Crippen LogP contribution in [0.4, 0.5) is 5.69 Å². The van der Waals surface area contributed by atoms with Crippen molar-refractivity contribution >= 4 is 5.69 Å². The maximum Gasteiger partial charge on any atom is 0.290 e. The molecule has 0 amide bonds. The molecule has 0 spiro atoms. The van der Waals surface area contributed by atoms with E-state index in [2.05, 4.69) is 18.9 Å². The van der Waals surface area contributed by atoms with Gasteiger partial charge in [-0.25, -0.2) is 4.68 Å². The summed E-state index contributed by atoms with van der Waals surface area (Å²) in [6.45, 7) is 6.77. The summed E-state index contributed by atoms with van der Waals surface area (Å²) >= 11 is 0. The third-order valence-electron chi connectivity index (χ3n) is 3.40. The predicted octanol–water partition coefficient (Wildman–Crippen LogP) is 2.94. The minimum Gasteiger partial charge on any atom is -0.373 e. The number of rotatable bonds is 4. The van der Waals surface area contributed by atoms with Crippen LogP contribution in [-0.4, -0.2) is 23.9 Å². The number of benzene rings is 1. The number of hydrogen-bond acceptors (Lipinski definition) is 3. The first-order valence-corrected chi connectivity index (χ1v) is 7.26. The largest absolute Gasteiger partial charge is 0.373 e. The van der Waals surface area contributed by atoms with Crippen LogP contribution in [-0.2, 0) is 6.54 Å². The Morgan fingerprint density at radius 1 is 1.19 bits per heavy atom. The Bertz CT molecular complexity index is 672. The number of nitrogens with zero attached hydrogens (tertiary/aromatic N) is 3. The quantitative estimate of drug-likeness (QED) is 0.867. The molecule has 1 aromatic heterocycles. The Labute approximate surface area is 126 Å². The molecule has 0 aliphatic carbocycles. The van der Waals surface area contributed by atoms with Crippen LogP contribution in [0, 0.1) is 12.8 Å². The summed E-state index contributed by atoms with van der Waals surface area (Å²) in [4.78, 5) is 14.5. The molecule has 0 radical (unpaired) electrons. The third-order valence-corrected chi connectivity index (χ3v) is 3.40. The van der Waals surface area contributed by atoms with Gasteiger partial charge in [-0.05, 0) is 12.8 Å². The molecule has 2 aromatic rings. The smallest absolute Gasteiger partial charge is 0.290 e. The Morgan fingerprint density at radius 2 is 1.81 bits per heavy atom. The summed E-state index contributed by atoms with van der Waals surface area (Å²) in [5.74, 6) is 0.372. The second-order valence-electron chi connectivity index (χ2n) is 5.96. The molecule has 0 atom stereocenters. The summed E-state index contributed by atoms with van der Waals surface area (Å²) in [6.07, 6.45) is 0. The first-order chi connectivity index (χ1) is 9.91. The van der Waals surface area contributed by atoms with Crippen LogP contribution >= 0.6 is 0 Å². The molecule has 0 bridgehead atoms. The van der Waals surface area contributed by atoms with Crippen LogP contribution < -0.4 is 10.5 Å². The maximum atomic E-state index is 12.6. The second kappa shape index (κ2) is 6.12. The van der Waals surface area contributed by atoms with Crippen molar-refractivity contribution in [1.29, 1.82) is 0 Å². The van der Waals surface area contributed by atoms with Crippen molar-refractivity contribution in [2.45, 2.75) is 27.3 Å². The van der Waals surface area contributed by atoms with Gasteiger partial charge in [-0.3, -0.25) is 4.79 Å². The molecule has 0 fully saturated rings. The summed E-state index contributed by atoms with van der Waals surface area (Å²) in [5, 5.41) is 4.60. The van der Waals surface area contributed by atoms with Gasteiger partial charge in [0.15, 0.2) is 0 Å². The molecule has 4 nitrogen and oxygen atoms in total. The van der Waals surface area contributed by atoms with Crippen LogP contribution in [0.1, 0.15) is 19.4 Å². The zero-order valence-corrected chi connectivity index (χ0v) is 13.4. The van der Waals surface area contributed by atoms with E-state index in [4.69, 9.17) is 0 Å². The SMILES string of the molecule is Cc1c(-c2ccccc2)nn(CC(C)C)c(=O)c1N(C)C. The molecule has 112 valence electrons. The summed E-state index contributed by atoms with van der Waals surface area (Å²) in [5.41, 5.74) is 3.53. The van der Waals surface area contributed by atoms with Gasteiger partial charge in [-0.1, -0.05) is 44.2 Å². The molecule has 0 aliphatic heterocycles. The summed E-state index contributed by atoms with van der Waals surface area (Å²) < 4.78 is 1.59. The standard InChI is InChI=1S/C17H23N3O/c1-12(2)11-20-17(21)16(19(4)5)13(3)15(18-20)14-9-7-6-8-10-14/h6-10,12H,11H2,1-5H3. The highest BCUT2D eigenvalue weighted by atomic mass is 16.1. The van der Waals surface area contributed by atoms with E-state index < -0.39 is 0 Å². The topological polar surface area (TPSA) is 38.1 Å². The normalized spacial score (nSPS) is 11.0. The monoisotopic (exact) mass is 285 g/mol. The predicted molar refractivity (Wildman–Crippen MR) is 87.8 cm³/mol. The molecule has 1 heterocycles. The molecule has 2 rings (SSSR count). The first-order valence-electron chi connectivity index (χ1n) is 7.26. The van der Waals surface area contributed by atoms with E-state index in [1.807, 2.05) is 56.3 Å². The van der Waals surface area contributed by atoms with Crippen molar-refractivity contribution in [2.24, 2.45) is 5.92 Å². The first kappa shape index (κ1) is 15.3. The lowest BCUT2D eigenvalue weighted by Gasteiger charge is -2.20. The zero-order chi connectivity index (χ0) is 15.6.